The van der Waals surface area contributed by atoms with Crippen molar-refractivity contribution < 1.29 is 63.9 Å². The van der Waals surface area contributed by atoms with Crippen LogP contribution in [0.3, 0.4) is 0 Å². The fourth-order valence-corrected chi connectivity index (χ4v) is 3.03. The second-order valence-corrected chi connectivity index (χ2v) is 7.85. The first-order chi connectivity index (χ1) is 15.0. The summed E-state index contributed by atoms with van der Waals surface area (Å²) in [6.45, 7) is 6.02. The van der Waals surface area contributed by atoms with E-state index in [4.69, 9.17) is 29.2 Å². The third kappa shape index (κ3) is 40.6. The van der Waals surface area contributed by atoms with Crippen molar-refractivity contribution in [2.24, 2.45) is 0 Å². The largest absolute Gasteiger partial charge is 1.00 e. The average molecular weight is 473 g/mol. The summed E-state index contributed by atoms with van der Waals surface area (Å²) in [4.78, 5) is 8.89. The van der Waals surface area contributed by atoms with Gasteiger partial charge >= 0.3 is 29.6 Å². The predicted octanol–water partition coefficient (Wildman–Crippen LogP) is 0.241. The number of aliphatic hydroxyl groups is 2. The number of hydrogen-bond acceptors (Lipinski definition) is 7. The summed E-state index contributed by atoms with van der Waals surface area (Å²) in [6.07, 6.45) is 16.5. The van der Waals surface area contributed by atoms with Crippen molar-refractivity contribution in [3.8, 4) is 0 Å². The Hall–Kier alpha value is 0.270. The number of carboxylic acids is 1. The Morgan fingerprint density at radius 1 is 0.750 bits per heavy atom. The Morgan fingerprint density at radius 2 is 1.12 bits per heavy atom. The first kappa shape index (κ1) is 36.8. The van der Waals surface area contributed by atoms with Gasteiger partial charge in [-0.15, -0.1) is 0 Å². The third-order valence-corrected chi connectivity index (χ3v) is 4.68. The molecule has 1 atom stereocenters. The topological polar surface area (TPSA) is 108 Å². The second-order valence-electron chi connectivity index (χ2n) is 7.85. The molecular formula is C24H49NaO7. The molecule has 2 N–H and O–H groups in total. The Labute approximate surface area is 218 Å². The van der Waals surface area contributed by atoms with Crippen molar-refractivity contribution in [2.75, 3.05) is 46.2 Å². The summed E-state index contributed by atoms with van der Waals surface area (Å²) < 4.78 is 15.8. The Balaban J connectivity index is -0.00000154. The maximum Gasteiger partial charge on any atom is 1.00 e. The molecular weight excluding hydrogens is 423 g/mol. The van der Waals surface area contributed by atoms with E-state index in [1.54, 1.807) is 0 Å². The molecule has 0 spiro atoms. The molecule has 0 radical (unpaired) electrons. The molecule has 7 nitrogen and oxygen atoms in total. The van der Waals surface area contributed by atoms with Gasteiger partial charge in [-0.1, -0.05) is 84.0 Å². The van der Waals surface area contributed by atoms with Gasteiger partial charge in [-0.25, -0.2) is 0 Å². The van der Waals surface area contributed by atoms with Gasteiger partial charge in [0.2, 0.25) is 0 Å². The molecule has 0 aliphatic carbocycles. The smallest absolute Gasteiger partial charge is 0.550 e. The maximum absolute atomic E-state index is 9.90. The van der Waals surface area contributed by atoms with Crippen molar-refractivity contribution >= 4 is 5.97 Å². The van der Waals surface area contributed by atoms with Crippen LogP contribution >= 0.6 is 0 Å². The maximum atomic E-state index is 9.90. The summed E-state index contributed by atoms with van der Waals surface area (Å²) in [6, 6.07) is 0. The van der Waals surface area contributed by atoms with E-state index in [1.165, 1.54) is 70.6 Å². The van der Waals surface area contributed by atoms with Gasteiger partial charge in [-0.2, -0.15) is 0 Å². The number of carboxylic acid groups (broad SMARTS) is 1. The van der Waals surface area contributed by atoms with E-state index in [9.17, 15) is 5.11 Å². The zero-order valence-corrected chi connectivity index (χ0v) is 23.2. The molecule has 8 heteroatoms. The van der Waals surface area contributed by atoms with E-state index in [0.29, 0.717) is 39.6 Å². The van der Waals surface area contributed by atoms with Crippen LogP contribution in [0.4, 0.5) is 0 Å². The van der Waals surface area contributed by atoms with Gasteiger partial charge in [-0.05, 0) is 13.3 Å². The van der Waals surface area contributed by atoms with Crippen molar-refractivity contribution in [3.05, 3.63) is 0 Å². The molecule has 0 saturated carbocycles. The zero-order chi connectivity index (χ0) is 23.4. The van der Waals surface area contributed by atoms with Gasteiger partial charge in [0.25, 0.3) is 0 Å². The van der Waals surface area contributed by atoms with Crippen molar-refractivity contribution in [1.82, 2.24) is 0 Å². The predicted molar refractivity (Wildman–Crippen MR) is 122 cm³/mol. The third-order valence-electron chi connectivity index (χ3n) is 4.68. The normalized spacial score (nSPS) is 11.4. The quantitative estimate of drug-likeness (QED) is 0.162. The number of carbonyl (C=O) groups is 1. The molecule has 0 amide bonds. The van der Waals surface area contributed by atoms with Gasteiger partial charge in [0.1, 0.15) is 0 Å². The fourth-order valence-electron chi connectivity index (χ4n) is 3.03. The zero-order valence-electron chi connectivity index (χ0n) is 21.2. The van der Waals surface area contributed by atoms with Crippen LogP contribution in [0.1, 0.15) is 97.3 Å². The van der Waals surface area contributed by atoms with Gasteiger partial charge in [-0.3, -0.25) is 0 Å². The van der Waals surface area contributed by atoms with Crippen molar-refractivity contribution in [1.29, 1.82) is 0 Å². The van der Waals surface area contributed by atoms with Gasteiger partial charge in [0, 0.05) is 5.97 Å². The van der Waals surface area contributed by atoms with E-state index in [0.717, 1.165) is 19.8 Å². The van der Waals surface area contributed by atoms with Crippen LogP contribution in [0, 0.1) is 0 Å². The molecule has 0 aromatic rings. The van der Waals surface area contributed by atoms with E-state index in [2.05, 4.69) is 6.92 Å². The number of carbonyl (C=O) groups excluding carboxylic acids is 1. The minimum atomic E-state index is -1.08. The number of aliphatic carboxylic acids is 1. The Kier molecular flexibility index (Phi) is 38.5. The summed E-state index contributed by atoms with van der Waals surface area (Å²) in [5.41, 5.74) is 0. The monoisotopic (exact) mass is 472 g/mol. The number of aliphatic hydroxyl groups excluding tert-OH is 2. The summed E-state index contributed by atoms with van der Waals surface area (Å²) >= 11 is 0. The van der Waals surface area contributed by atoms with Crippen LogP contribution in [0.15, 0.2) is 0 Å². The van der Waals surface area contributed by atoms with Crippen molar-refractivity contribution in [2.45, 2.75) is 103 Å². The standard InChI is InChI=1S/C22H46O5.C2H4O2.Na/c1-2-3-4-5-6-7-8-9-10-11-12-13-14-22(24)21-27-20-19-26-18-17-25-16-15-23;1-2(3)4;/h22-24H,2-21H2,1H3;1H3,(H,3,4);/q;;+1/p-1. The van der Waals surface area contributed by atoms with Crippen LogP contribution in [0.5, 0.6) is 0 Å². The van der Waals surface area contributed by atoms with Gasteiger partial charge < -0.3 is 34.3 Å². The van der Waals surface area contributed by atoms with Crippen LogP contribution in [-0.4, -0.2) is 68.5 Å². The Morgan fingerprint density at radius 3 is 1.56 bits per heavy atom. The Bertz CT molecular complexity index is 342. The van der Waals surface area contributed by atoms with Crippen LogP contribution in [-0.2, 0) is 19.0 Å². The summed E-state index contributed by atoms with van der Waals surface area (Å²) in [5.74, 6) is -1.08. The summed E-state index contributed by atoms with van der Waals surface area (Å²) in [5, 5.41) is 27.3. The van der Waals surface area contributed by atoms with Crippen LogP contribution < -0.4 is 34.7 Å². The molecule has 1 unspecified atom stereocenters. The molecule has 0 aromatic carbocycles. The van der Waals surface area contributed by atoms with E-state index < -0.39 is 5.97 Å². The summed E-state index contributed by atoms with van der Waals surface area (Å²) in [7, 11) is 0. The van der Waals surface area contributed by atoms with Crippen LogP contribution in [0.25, 0.3) is 0 Å². The molecule has 0 fully saturated rings. The molecule has 0 aliphatic heterocycles. The molecule has 0 bridgehead atoms. The first-order valence-corrected chi connectivity index (χ1v) is 12.2. The van der Waals surface area contributed by atoms with Gasteiger partial charge in [0.05, 0.1) is 52.4 Å². The molecule has 0 rings (SSSR count). The minimum absolute atomic E-state index is 0. The van der Waals surface area contributed by atoms with E-state index in [1.807, 2.05) is 0 Å². The molecule has 0 heterocycles. The molecule has 0 aliphatic rings. The fraction of sp³-hybridized carbons (Fsp3) is 0.958. The number of hydrogen-bond donors (Lipinski definition) is 2. The second kappa shape index (κ2) is 33.4. The van der Waals surface area contributed by atoms with E-state index >= 15 is 0 Å². The van der Waals surface area contributed by atoms with E-state index in [-0.39, 0.29) is 42.3 Å². The number of unbranched alkanes of at least 4 members (excludes halogenated alkanes) is 11. The molecule has 0 saturated heterocycles. The molecule has 0 aromatic heterocycles. The molecule has 188 valence electrons. The van der Waals surface area contributed by atoms with Crippen molar-refractivity contribution in [3.63, 3.8) is 0 Å². The number of rotatable bonds is 23. The molecule has 32 heavy (non-hydrogen) atoms. The average Bonchev–Trinajstić information content (AvgIpc) is 2.73. The first-order valence-electron chi connectivity index (χ1n) is 12.2. The van der Waals surface area contributed by atoms with Crippen LogP contribution in [0.2, 0.25) is 0 Å². The SMILES string of the molecule is CC(=O)[O-].CCCCCCCCCCCCCCC(O)COCCOCCOCCO.[Na+]. The van der Waals surface area contributed by atoms with Gasteiger partial charge in [0.15, 0.2) is 0 Å². The number of ether oxygens (including phenoxy) is 3. The minimum Gasteiger partial charge on any atom is -0.550 e.